The topological polar surface area (TPSA) is 68.7 Å². The van der Waals surface area contributed by atoms with Gasteiger partial charge in [0.1, 0.15) is 0 Å². The summed E-state index contributed by atoms with van der Waals surface area (Å²) >= 11 is 1.43. The third kappa shape index (κ3) is 3.64. The monoisotopic (exact) mass is 265 g/mol. The van der Waals surface area contributed by atoms with Crippen molar-refractivity contribution in [1.82, 2.24) is 4.98 Å². The fourth-order valence-corrected chi connectivity index (χ4v) is 3.33. The van der Waals surface area contributed by atoms with Gasteiger partial charge in [-0.15, -0.1) is 11.3 Å². The van der Waals surface area contributed by atoms with Gasteiger partial charge >= 0.3 is 7.60 Å². The summed E-state index contributed by atoms with van der Waals surface area (Å²) in [6.45, 7) is 3.90. The zero-order valence-electron chi connectivity index (χ0n) is 9.33. The Labute approximate surface area is 99.0 Å². The molecule has 5 nitrogen and oxygen atoms in total. The summed E-state index contributed by atoms with van der Waals surface area (Å²) in [5.74, 6) is -1.16. The summed E-state index contributed by atoms with van der Waals surface area (Å²) in [7, 11) is -3.43. The van der Waals surface area contributed by atoms with Crippen LogP contribution in [0.25, 0.3) is 0 Å². The molecule has 0 amide bonds. The third-order valence-electron chi connectivity index (χ3n) is 1.86. The van der Waals surface area contributed by atoms with Crippen LogP contribution < -0.4 is 0 Å². The highest BCUT2D eigenvalue weighted by Crippen LogP contribution is 2.52. The lowest BCUT2D eigenvalue weighted by molar-refractivity contribution is 0.148. The van der Waals surface area contributed by atoms with Crippen molar-refractivity contribution in [2.24, 2.45) is 0 Å². The lowest BCUT2D eigenvalue weighted by Crippen LogP contribution is -2.15. The minimum atomic E-state index is -3.43. The summed E-state index contributed by atoms with van der Waals surface area (Å²) in [4.78, 5) is 4.02. The molecule has 1 atom stereocenters. The number of aromatic nitrogens is 1. The van der Waals surface area contributed by atoms with Gasteiger partial charge in [-0.3, -0.25) is 4.57 Å². The second-order valence-corrected chi connectivity index (χ2v) is 5.95. The van der Waals surface area contributed by atoms with Crippen LogP contribution in [0.5, 0.6) is 0 Å². The zero-order valence-corrected chi connectivity index (χ0v) is 11.0. The molecule has 1 aromatic rings. The van der Waals surface area contributed by atoms with Gasteiger partial charge in [-0.25, -0.2) is 4.98 Å². The van der Waals surface area contributed by atoms with Gasteiger partial charge in [0.15, 0.2) is 5.85 Å². The van der Waals surface area contributed by atoms with Crippen molar-refractivity contribution in [2.45, 2.75) is 26.1 Å². The highest BCUT2D eigenvalue weighted by atomic mass is 32.1. The molecular formula is C9H16NO4PS. The lowest BCUT2D eigenvalue weighted by atomic mass is 10.4. The number of aliphatic hydroxyl groups is 1. The quantitative estimate of drug-likeness (QED) is 0.766. The molecule has 0 aliphatic rings. The van der Waals surface area contributed by atoms with E-state index in [1.54, 1.807) is 24.7 Å². The van der Waals surface area contributed by atoms with Gasteiger partial charge < -0.3 is 14.2 Å². The molecule has 7 heteroatoms. The van der Waals surface area contributed by atoms with Crippen LogP contribution in [0.1, 0.15) is 19.5 Å². The maximum Gasteiger partial charge on any atom is 0.359 e. The molecule has 0 fully saturated rings. The van der Waals surface area contributed by atoms with Crippen LogP contribution in [0, 0.1) is 0 Å². The molecular weight excluding hydrogens is 249 g/mol. The third-order valence-corrected chi connectivity index (χ3v) is 4.64. The number of hydrogen-bond acceptors (Lipinski definition) is 6. The molecule has 0 radical (unpaired) electrons. The lowest BCUT2D eigenvalue weighted by Gasteiger charge is -2.21. The zero-order chi connectivity index (χ0) is 12.0. The first-order valence-corrected chi connectivity index (χ1v) is 7.61. The van der Waals surface area contributed by atoms with Crippen molar-refractivity contribution in [2.75, 3.05) is 13.2 Å². The van der Waals surface area contributed by atoms with E-state index < -0.39 is 13.4 Å². The van der Waals surface area contributed by atoms with Crippen molar-refractivity contribution >= 4 is 18.9 Å². The average Bonchev–Trinajstić information content (AvgIpc) is 2.71. The Morgan fingerprint density at radius 3 is 2.56 bits per heavy atom. The van der Waals surface area contributed by atoms with Gasteiger partial charge in [-0.1, -0.05) is 0 Å². The molecule has 92 valence electrons. The van der Waals surface area contributed by atoms with Crippen LogP contribution in [0.2, 0.25) is 0 Å². The molecule has 0 spiro atoms. The predicted molar refractivity (Wildman–Crippen MR) is 62.7 cm³/mol. The van der Waals surface area contributed by atoms with Crippen molar-refractivity contribution < 1.29 is 18.7 Å². The summed E-state index contributed by atoms with van der Waals surface area (Å²) in [6.07, 6.45) is 0.181. The standard InChI is InChI=1S/C9H16NO4PS/c1-3-13-15(12,14-4-2)9(11)5-8-6-16-7-10-8/h6-7,9,11H,3-5H2,1-2H3. The van der Waals surface area contributed by atoms with Crippen LogP contribution in [0.15, 0.2) is 10.9 Å². The van der Waals surface area contributed by atoms with Crippen LogP contribution in [0.4, 0.5) is 0 Å². The van der Waals surface area contributed by atoms with E-state index in [1.807, 2.05) is 0 Å². The van der Waals surface area contributed by atoms with E-state index in [1.165, 1.54) is 11.3 Å². The van der Waals surface area contributed by atoms with Crippen LogP contribution in [-0.2, 0) is 20.0 Å². The van der Waals surface area contributed by atoms with Crippen LogP contribution >= 0.6 is 18.9 Å². The fraction of sp³-hybridized carbons (Fsp3) is 0.667. The second kappa shape index (κ2) is 6.47. The highest BCUT2D eigenvalue weighted by molar-refractivity contribution is 7.54. The maximum absolute atomic E-state index is 12.1. The molecule has 1 rings (SSSR count). The SMILES string of the molecule is CCOP(=O)(OCC)C(O)Cc1cscn1. The fourth-order valence-electron chi connectivity index (χ4n) is 1.21. The number of nitrogens with zero attached hydrogens (tertiary/aromatic N) is 1. The van der Waals surface area contributed by atoms with Crippen LogP contribution in [0.3, 0.4) is 0 Å². The highest BCUT2D eigenvalue weighted by Gasteiger charge is 2.34. The number of hydrogen-bond donors (Lipinski definition) is 1. The summed E-state index contributed by atoms with van der Waals surface area (Å²) < 4.78 is 22.2. The smallest absolute Gasteiger partial charge is 0.359 e. The Hall–Kier alpha value is -0.260. The molecule has 0 aromatic carbocycles. The van der Waals surface area contributed by atoms with E-state index in [0.717, 1.165) is 0 Å². The summed E-state index contributed by atoms with van der Waals surface area (Å²) in [6, 6.07) is 0. The molecule has 1 heterocycles. The first-order chi connectivity index (χ1) is 7.62. The minimum Gasteiger partial charge on any atom is -0.380 e. The van der Waals surface area contributed by atoms with Gasteiger partial charge in [-0.2, -0.15) is 0 Å². The summed E-state index contributed by atoms with van der Waals surface area (Å²) in [5.41, 5.74) is 2.35. The van der Waals surface area contributed by atoms with Crippen LogP contribution in [-0.4, -0.2) is 29.1 Å². The first kappa shape index (κ1) is 13.8. The average molecular weight is 265 g/mol. The number of thiazole rings is 1. The maximum atomic E-state index is 12.1. The van der Waals surface area contributed by atoms with Crippen molar-refractivity contribution in [1.29, 1.82) is 0 Å². The van der Waals surface area contributed by atoms with E-state index in [9.17, 15) is 9.67 Å². The molecule has 0 aliphatic heterocycles. The summed E-state index contributed by atoms with van der Waals surface area (Å²) in [5, 5.41) is 11.7. The van der Waals surface area contributed by atoms with Gasteiger partial charge in [0.05, 0.1) is 24.4 Å². The van der Waals surface area contributed by atoms with Gasteiger partial charge in [0.25, 0.3) is 0 Å². The van der Waals surface area contributed by atoms with E-state index in [4.69, 9.17) is 9.05 Å². The first-order valence-electron chi connectivity index (χ1n) is 5.06. The van der Waals surface area contributed by atoms with E-state index in [2.05, 4.69) is 4.98 Å². The molecule has 0 bridgehead atoms. The van der Waals surface area contributed by atoms with Crippen molar-refractivity contribution in [3.8, 4) is 0 Å². The Balaban J connectivity index is 2.67. The van der Waals surface area contributed by atoms with Gasteiger partial charge in [0.2, 0.25) is 0 Å². The van der Waals surface area contributed by atoms with E-state index >= 15 is 0 Å². The Bertz CT molecular complexity index is 333. The van der Waals surface area contributed by atoms with E-state index in [0.29, 0.717) is 5.69 Å². The molecule has 1 aromatic heterocycles. The predicted octanol–water partition coefficient (Wildman–Crippen LogP) is 2.27. The Morgan fingerprint density at radius 2 is 2.12 bits per heavy atom. The molecule has 0 aliphatic carbocycles. The second-order valence-electron chi connectivity index (χ2n) is 3.04. The Morgan fingerprint density at radius 1 is 1.50 bits per heavy atom. The van der Waals surface area contributed by atoms with Gasteiger partial charge in [-0.05, 0) is 13.8 Å². The number of rotatable bonds is 7. The normalized spacial score (nSPS) is 13.9. The number of aliphatic hydroxyl groups excluding tert-OH is 1. The van der Waals surface area contributed by atoms with Gasteiger partial charge in [0, 0.05) is 11.8 Å². The molecule has 1 N–H and O–H groups in total. The van der Waals surface area contributed by atoms with E-state index in [-0.39, 0.29) is 19.6 Å². The van der Waals surface area contributed by atoms with Crippen molar-refractivity contribution in [3.63, 3.8) is 0 Å². The Kier molecular flexibility index (Phi) is 5.58. The molecule has 16 heavy (non-hydrogen) atoms. The molecule has 0 saturated heterocycles. The molecule has 1 unspecified atom stereocenters. The molecule has 0 saturated carbocycles. The largest absolute Gasteiger partial charge is 0.380 e. The minimum absolute atomic E-state index is 0.181. The van der Waals surface area contributed by atoms with Crippen molar-refractivity contribution in [3.05, 3.63) is 16.6 Å².